The van der Waals surface area contributed by atoms with Crippen molar-refractivity contribution in [3.05, 3.63) is 82.4 Å². The van der Waals surface area contributed by atoms with Gasteiger partial charge in [0.05, 0.1) is 16.5 Å². The Morgan fingerprint density at radius 1 is 1.03 bits per heavy atom. The highest BCUT2D eigenvalue weighted by atomic mass is 35.5. The smallest absolute Gasteiger partial charge is 0.308 e. The van der Waals surface area contributed by atoms with Crippen molar-refractivity contribution in [2.24, 2.45) is 5.92 Å². The molecule has 1 aliphatic rings. The summed E-state index contributed by atoms with van der Waals surface area (Å²) in [4.78, 5) is 11.7. The van der Waals surface area contributed by atoms with Crippen LogP contribution in [0.25, 0.3) is 0 Å². The molecule has 3 aromatic carbocycles. The minimum absolute atomic E-state index is 0.0640. The van der Waals surface area contributed by atoms with Gasteiger partial charge in [0.1, 0.15) is 11.5 Å². The Morgan fingerprint density at radius 2 is 1.66 bits per heavy atom. The predicted octanol–water partition coefficient (Wildman–Crippen LogP) is 5.20. The molecule has 32 heavy (non-hydrogen) atoms. The number of aliphatic carboxylic acids is 1. The first-order valence-electron chi connectivity index (χ1n) is 10.0. The van der Waals surface area contributed by atoms with E-state index in [1.54, 1.807) is 36.4 Å². The van der Waals surface area contributed by atoms with Crippen molar-refractivity contribution in [3.63, 3.8) is 0 Å². The van der Waals surface area contributed by atoms with Gasteiger partial charge < -0.3 is 9.84 Å². The molecule has 0 spiro atoms. The van der Waals surface area contributed by atoms with Gasteiger partial charge in [-0.05, 0) is 79.4 Å². The van der Waals surface area contributed by atoms with E-state index in [4.69, 9.17) is 16.3 Å². The third-order valence-corrected chi connectivity index (χ3v) is 7.91. The number of para-hydroxylation sites is 1. The van der Waals surface area contributed by atoms with Gasteiger partial charge in [-0.25, -0.2) is 8.42 Å². The average Bonchev–Trinajstić information content (AvgIpc) is 2.77. The number of hydrogen-bond acceptors (Lipinski definition) is 4. The van der Waals surface area contributed by atoms with E-state index in [2.05, 4.69) is 0 Å². The number of sulfonamides is 1. The van der Waals surface area contributed by atoms with Crippen molar-refractivity contribution in [2.45, 2.75) is 25.2 Å². The van der Waals surface area contributed by atoms with Crippen LogP contribution in [0.3, 0.4) is 0 Å². The zero-order chi connectivity index (χ0) is 23.0. The molecular formula is C24H22ClNO5S. The average molecular weight is 472 g/mol. The molecule has 3 aromatic rings. The predicted molar refractivity (Wildman–Crippen MR) is 123 cm³/mol. The van der Waals surface area contributed by atoms with Crippen molar-refractivity contribution in [3.8, 4) is 11.5 Å². The molecule has 166 valence electrons. The topological polar surface area (TPSA) is 83.9 Å². The maximum atomic E-state index is 13.4. The molecule has 0 unspecified atom stereocenters. The number of anilines is 1. The highest BCUT2D eigenvalue weighted by Crippen LogP contribution is 2.35. The first kappa shape index (κ1) is 22.2. The summed E-state index contributed by atoms with van der Waals surface area (Å²) in [6.07, 6.45) is 0.296. The summed E-state index contributed by atoms with van der Waals surface area (Å²) in [5.41, 5.74) is 2.98. The number of carboxylic acids is 1. The Morgan fingerprint density at radius 3 is 2.28 bits per heavy atom. The maximum absolute atomic E-state index is 13.4. The lowest BCUT2D eigenvalue weighted by atomic mass is 9.94. The van der Waals surface area contributed by atoms with Crippen LogP contribution in [0.1, 0.15) is 16.7 Å². The van der Waals surface area contributed by atoms with Crippen LogP contribution in [0.5, 0.6) is 11.5 Å². The van der Waals surface area contributed by atoms with Crippen LogP contribution in [0, 0.1) is 19.8 Å². The van der Waals surface area contributed by atoms with Crippen molar-refractivity contribution >= 4 is 33.3 Å². The van der Waals surface area contributed by atoms with Gasteiger partial charge in [0.2, 0.25) is 0 Å². The Kier molecular flexibility index (Phi) is 5.88. The van der Waals surface area contributed by atoms with E-state index in [9.17, 15) is 18.3 Å². The summed E-state index contributed by atoms with van der Waals surface area (Å²) in [6, 6.07) is 16.7. The minimum Gasteiger partial charge on any atom is -0.481 e. The molecule has 0 fully saturated rings. The summed E-state index contributed by atoms with van der Waals surface area (Å²) in [5.74, 6) is -0.738. The molecule has 1 aliphatic heterocycles. The summed E-state index contributed by atoms with van der Waals surface area (Å²) in [5, 5.41) is 10.2. The van der Waals surface area contributed by atoms with Crippen LogP contribution in [0.2, 0.25) is 5.02 Å². The number of fused-ring (bicyclic) bond motifs is 1. The van der Waals surface area contributed by atoms with Gasteiger partial charge in [-0.3, -0.25) is 9.10 Å². The zero-order valence-electron chi connectivity index (χ0n) is 17.6. The van der Waals surface area contributed by atoms with Gasteiger partial charge in [-0.15, -0.1) is 0 Å². The molecule has 0 amide bonds. The van der Waals surface area contributed by atoms with Crippen molar-refractivity contribution in [1.82, 2.24) is 0 Å². The van der Waals surface area contributed by atoms with Gasteiger partial charge in [0.15, 0.2) is 0 Å². The fraction of sp³-hybridized carbons (Fsp3) is 0.208. The third kappa shape index (κ3) is 4.18. The fourth-order valence-corrected chi connectivity index (χ4v) is 5.51. The zero-order valence-corrected chi connectivity index (χ0v) is 19.2. The first-order chi connectivity index (χ1) is 15.2. The van der Waals surface area contributed by atoms with E-state index >= 15 is 0 Å². The molecular weight excluding hydrogens is 450 g/mol. The van der Waals surface area contributed by atoms with E-state index in [1.807, 2.05) is 26.0 Å². The number of nitrogens with zero attached hydrogens (tertiary/aromatic N) is 1. The van der Waals surface area contributed by atoms with Crippen LogP contribution in [0.15, 0.2) is 65.6 Å². The number of benzene rings is 3. The lowest BCUT2D eigenvalue weighted by Crippen LogP contribution is -2.42. The Bertz CT molecular complexity index is 1260. The van der Waals surface area contributed by atoms with E-state index in [-0.39, 0.29) is 11.4 Å². The summed E-state index contributed by atoms with van der Waals surface area (Å²) < 4.78 is 33.8. The third-order valence-electron chi connectivity index (χ3n) is 5.52. The molecule has 1 heterocycles. The molecule has 1 atom stereocenters. The monoisotopic (exact) mass is 471 g/mol. The van der Waals surface area contributed by atoms with Crippen LogP contribution in [-0.2, 0) is 21.2 Å². The number of hydrogen-bond donors (Lipinski definition) is 1. The molecule has 8 heteroatoms. The number of halogens is 1. The van der Waals surface area contributed by atoms with E-state index < -0.39 is 21.9 Å². The highest BCUT2D eigenvalue weighted by Gasteiger charge is 2.36. The van der Waals surface area contributed by atoms with Gasteiger partial charge in [-0.2, -0.15) is 0 Å². The Labute approximate surface area is 192 Å². The highest BCUT2D eigenvalue weighted by molar-refractivity contribution is 7.92. The van der Waals surface area contributed by atoms with Crippen LogP contribution in [-0.4, -0.2) is 26.0 Å². The number of ether oxygens (including phenoxy) is 1. The fourth-order valence-electron chi connectivity index (χ4n) is 3.86. The van der Waals surface area contributed by atoms with Crippen LogP contribution >= 0.6 is 11.6 Å². The first-order valence-corrected chi connectivity index (χ1v) is 11.9. The number of rotatable bonds is 5. The van der Waals surface area contributed by atoms with Crippen molar-refractivity contribution < 1.29 is 23.1 Å². The maximum Gasteiger partial charge on any atom is 0.308 e. The van der Waals surface area contributed by atoms with Crippen molar-refractivity contribution in [2.75, 3.05) is 10.8 Å². The summed E-state index contributed by atoms with van der Waals surface area (Å²) >= 11 is 6.20. The Hall–Kier alpha value is -3.03. The molecule has 6 nitrogen and oxygen atoms in total. The van der Waals surface area contributed by atoms with Gasteiger partial charge in [-0.1, -0.05) is 29.8 Å². The molecule has 4 rings (SSSR count). The molecule has 1 N–H and O–H groups in total. The standard InChI is InChI=1S/C24H22ClNO5S/c1-15-11-20(12-16(2)23(15)25)31-19-7-9-21(10-8-19)32(29,30)26-14-18(24(27)28)13-17-5-3-4-6-22(17)26/h3-12,18H,13-14H2,1-2H3,(H,27,28)/t18-/m0/s1. The van der Waals surface area contributed by atoms with Gasteiger partial charge >= 0.3 is 5.97 Å². The Balaban J connectivity index is 1.63. The second-order valence-corrected chi connectivity index (χ2v) is 10.1. The largest absolute Gasteiger partial charge is 0.481 e. The molecule has 0 aliphatic carbocycles. The second-order valence-electron chi connectivity index (χ2n) is 7.85. The SMILES string of the molecule is Cc1cc(Oc2ccc(S(=O)(=O)N3C[C@@H](C(=O)O)Cc4ccccc43)cc2)cc(C)c1Cl. The minimum atomic E-state index is -3.95. The lowest BCUT2D eigenvalue weighted by molar-refractivity contribution is -0.141. The number of carbonyl (C=O) groups is 1. The normalized spacial score (nSPS) is 15.8. The van der Waals surface area contributed by atoms with Gasteiger partial charge in [0.25, 0.3) is 10.0 Å². The number of aryl methyl sites for hydroxylation is 2. The van der Waals surface area contributed by atoms with Crippen LogP contribution < -0.4 is 9.04 Å². The summed E-state index contributed by atoms with van der Waals surface area (Å²) in [6.45, 7) is 3.66. The van der Waals surface area contributed by atoms with E-state index in [0.717, 1.165) is 11.1 Å². The molecule has 0 bridgehead atoms. The molecule has 0 saturated heterocycles. The van der Waals surface area contributed by atoms with E-state index in [1.165, 1.54) is 16.4 Å². The van der Waals surface area contributed by atoms with Gasteiger partial charge in [0, 0.05) is 11.6 Å². The number of carboxylic acid groups (broad SMARTS) is 1. The second kappa shape index (κ2) is 8.48. The summed E-state index contributed by atoms with van der Waals surface area (Å²) in [7, 11) is -3.95. The molecule has 0 aromatic heterocycles. The van der Waals surface area contributed by atoms with Crippen LogP contribution in [0.4, 0.5) is 5.69 Å². The quantitative estimate of drug-likeness (QED) is 0.552. The molecule has 0 radical (unpaired) electrons. The molecule has 0 saturated carbocycles. The van der Waals surface area contributed by atoms with E-state index in [0.29, 0.717) is 34.2 Å². The lowest BCUT2D eigenvalue weighted by Gasteiger charge is -2.33. The van der Waals surface area contributed by atoms with Crippen molar-refractivity contribution in [1.29, 1.82) is 0 Å².